The third-order valence-electron chi connectivity index (χ3n) is 6.56. The zero-order valence-corrected chi connectivity index (χ0v) is 21.3. The number of hydrogen-bond acceptors (Lipinski definition) is 4. The highest BCUT2D eigenvalue weighted by molar-refractivity contribution is 9.10. The van der Waals surface area contributed by atoms with Crippen LogP contribution in [0.25, 0.3) is 0 Å². The fourth-order valence-corrected chi connectivity index (χ4v) is 5.42. The summed E-state index contributed by atoms with van der Waals surface area (Å²) >= 11 is 3.42. The molecule has 0 aliphatic carbocycles. The summed E-state index contributed by atoms with van der Waals surface area (Å²) in [6.45, 7) is 5.54. The molecule has 35 heavy (non-hydrogen) atoms. The Morgan fingerprint density at radius 1 is 0.971 bits per heavy atom. The fourth-order valence-electron chi connectivity index (χ4n) is 5.06. The maximum Gasteiger partial charge on any atom is 0.256 e. The highest BCUT2D eigenvalue weighted by Crippen LogP contribution is 2.28. The van der Waals surface area contributed by atoms with Gasteiger partial charge in [0.1, 0.15) is 11.9 Å². The first-order valence-corrected chi connectivity index (χ1v) is 12.6. The van der Waals surface area contributed by atoms with Crippen molar-refractivity contribution in [1.82, 2.24) is 9.80 Å². The van der Waals surface area contributed by atoms with Gasteiger partial charge in [0.15, 0.2) is 0 Å². The van der Waals surface area contributed by atoms with Crippen LogP contribution in [-0.2, 0) is 4.79 Å². The van der Waals surface area contributed by atoms with Crippen LogP contribution in [0.2, 0.25) is 0 Å². The zero-order valence-electron chi connectivity index (χ0n) is 19.7. The van der Waals surface area contributed by atoms with Crippen LogP contribution in [0.4, 0.5) is 10.1 Å². The molecule has 2 aliphatic heterocycles. The van der Waals surface area contributed by atoms with Crippen molar-refractivity contribution in [3.63, 3.8) is 0 Å². The molecule has 4 atom stereocenters. The molecule has 2 fully saturated rings. The Bertz CT molecular complexity index is 1120. The van der Waals surface area contributed by atoms with Crippen LogP contribution < -0.4 is 5.32 Å². The summed E-state index contributed by atoms with van der Waals surface area (Å²) in [6, 6.07) is 9.21. The largest absolute Gasteiger partial charge is 0.391 e. The summed E-state index contributed by atoms with van der Waals surface area (Å²) in [5.74, 6) is -0.815. The minimum absolute atomic E-state index is 0.00994. The number of halogens is 2. The summed E-state index contributed by atoms with van der Waals surface area (Å²) < 4.78 is 14.0. The van der Waals surface area contributed by atoms with Crippen molar-refractivity contribution in [2.45, 2.75) is 38.8 Å². The van der Waals surface area contributed by atoms with E-state index < -0.39 is 29.8 Å². The minimum Gasteiger partial charge on any atom is -0.391 e. The van der Waals surface area contributed by atoms with Gasteiger partial charge < -0.3 is 20.2 Å². The molecule has 2 saturated heterocycles. The van der Waals surface area contributed by atoms with Gasteiger partial charge in [-0.25, -0.2) is 4.39 Å². The number of amides is 3. The van der Waals surface area contributed by atoms with Crippen molar-refractivity contribution >= 4 is 39.3 Å². The van der Waals surface area contributed by atoms with E-state index in [0.717, 1.165) is 6.42 Å². The van der Waals surface area contributed by atoms with Crippen molar-refractivity contribution in [1.29, 1.82) is 0 Å². The second-order valence-electron chi connectivity index (χ2n) is 9.71. The average molecular weight is 546 g/mol. The lowest BCUT2D eigenvalue weighted by Gasteiger charge is -2.35. The molecule has 2 aromatic rings. The number of hydrogen-bond donors (Lipinski definition) is 2. The number of aliphatic hydroxyl groups excluding tert-OH is 1. The van der Waals surface area contributed by atoms with Gasteiger partial charge in [-0.3, -0.25) is 14.4 Å². The van der Waals surface area contributed by atoms with Crippen LogP contribution in [-0.4, -0.2) is 64.4 Å². The molecule has 0 saturated carbocycles. The number of nitrogens with zero attached hydrogens (tertiary/aromatic N) is 2. The normalized spacial score (nSPS) is 24.4. The Labute approximate surface area is 212 Å². The van der Waals surface area contributed by atoms with Crippen LogP contribution in [0.1, 0.15) is 47.4 Å². The van der Waals surface area contributed by atoms with Gasteiger partial charge in [0, 0.05) is 36.1 Å². The summed E-state index contributed by atoms with van der Waals surface area (Å²) in [6.07, 6.45) is 0.269. The molecular weight excluding hydrogens is 517 g/mol. The number of piperidine rings is 1. The smallest absolute Gasteiger partial charge is 0.256 e. The average Bonchev–Trinajstić information content (AvgIpc) is 3.21. The maximum atomic E-state index is 13.4. The molecule has 186 valence electrons. The molecule has 2 heterocycles. The third kappa shape index (κ3) is 5.73. The summed E-state index contributed by atoms with van der Waals surface area (Å²) in [7, 11) is 0. The summed E-state index contributed by atoms with van der Waals surface area (Å²) in [4.78, 5) is 42.8. The monoisotopic (exact) mass is 545 g/mol. The molecule has 2 aliphatic rings. The first kappa shape index (κ1) is 25.3. The number of likely N-dealkylation sites (tertiary alicyclic amines) is 2. The predicted molar refractivity (Wildman–Crippen MR) is 133 cm³/mol. The molecule has 2 N–H and O–H groups in total. The predicted octanol–water partition coefficient (Wildman–Crippen LogP) is 3.92. The molecule has 2 unspecified atom stereocenters. The SMILES string of the molecule is C[C@@H]1C[C@H](C)CN(C(=O)c2cc(Br)ccc2NC(=O)C2CC(O)CN2C(=O)c2ccc(F)cc2)C1. The van der Waals surface area contributed by atoms with Gasteiger partial charge in [0.25, 0.3) is 11.8 Å². The maximum absolute atomic E-state index is 13.4. The number of rotatable bonds is 4. The Kier molecular flexibility index (Phi) is 7.56. The number of carbonyl (C=O) groups is 3. The van der Waals surface area contributed by atoms with Gasteiger partial charge in [0.2, 0.25) is 5.91 Å². The molecule has 4 rings (SSSR count). The minimum atomic E-state index is -0.927. The highest BCUT2D eigenvalue weighted by atomic mass is 79.9. The molecule has 0 aromatic heterocycles. The molecule has 0 spiro atoms. The van der Waals surface area contributed by atoms with Crippen molar-refractivity contribution in [2.24, 2.45) is 11.8 Å². The lowest BCUT2D eigenvalue weighted by molar-refractivity contribution is -0.119. The first-order valence-electron chi connectivity index (χ1n) is 11.8. The second-order valence-corrected chi connectivity index (χ2v) is 10.6. The fraction of sp³-hybridized carbons (Fsp3) is 0.423. The molecule has 3 amide bonds. The van der Waals surface area contributed by atoms with Gasteiger partial charge in [-0.2, -0.15) is 0 Å². The van der Waals surface area contributed by atoms with E-state index in [1.807, 2.05) is 4.90 Å². The first-order chi connectivity index (χ1) is 16.6. The van der Waals surface area contributed by atoms with E-state index in [4.69, 9.17) is 0 Å². The lowest BCUT2D eigenvalue weighted by atomic mass is 9.91. The Hall–Kier alpha value is -2.78. The van der Waals surface area contributed by atoms with E-state index in [2.05, 4.69) is 35.1 Å². The number of benzene rings is 2. The van der Waals surface area contributed by atoms with Crippen molar-refractivity contribution in [3.8, 4) is 0 Å². The van der Waals surface area contributed by atoms with Crippen molar-refractivity contribution in [2.75, 3.05) is 25.0 Å². The topological polar surface area (TPSA) is 89.9 Å². The van der Waals surface area contributed by atoms with Gasteiger partial charge in [0.05, 0.1) is 17.4 Å². The standard InChI is InChI=1S/C26H29BrFN3O4/c1-15-9-16(2)13-30(12-15)26(35)21-10-18(27)5-8-22(21)29-24(33)23-11-20(32)14-31(23)25(34)17-3-6-19(28)7-4-17/h3-8,10,15-16,20,23,32H,9,11-14H2,1-2H3,(H,29,33)/t15-,16+,20?,23?. The molecule has 9 heteroatoms. The second kappa shape index (κ2) is 10.5. The highest BCUT2D eigenvalue weighted by Gasteiger charge is 2.39. The van der Waals surface area contributed by atoms with E-state index in [0.29, 0.717) is 40.6 Å². The van der Waals surface area contributed by atoms with Crippen molar-refractivity contribution in [3.05, 3.63) is 63.9 Å². The van der Waals surface area contributed by atoms with E-state index in [1.54, 1.807) is 18.2 Å². The van der Waals surface area contributed by atoms with Crippen LogP contribution in [0, 0.1) is 17.7 Å². The molecule has 7 nitrogen and oxygen atoms in total. The number of nitrogens with one attached hydrogen (secondary N) is 1. The Balaban J connectivity index is 1.55. The Morgan fingerprint density at radius 3 is 2.29 bits per heavy atom. The number of anilines is 1. The lowest BCUT2D eigenvalue weighted by Crippen LogP contribution is -2.44. The quantitative estimate of drug-likeness (QED) is 0.609. The molecule has 2 aromatic carbocycles. The van der Waals surface area contributed by atoms with E-state index in [9.17, 15) is 23.9 Å². The van der Waals surface area contributed by atoms with Gasteiger partial charge in [-0.15, -0.1) is 0 Å². The third-order valence-corrected chi connectivity index (χ3v) is 7.05. The van der Waals surface area contributed by atoms with Crippen LogP contribution in [0.5, 0.6) is 0 Å². The van der Waals surface area contributed by atoms with E-state index in [-0.39, 0.29) is 24.4 Å². The van der Waals surface area contributed by atoms with E-state index >= 15 is 0 Å². The number of carbonyl (C=O) groups excluding carboxylic acids is 3. The van der Waals surface area contributed by atoms with Crippen LogP contribution >= 0.6 is 15.9 Å². The zero-order chi connectivity index (χ0) is 25.3. The van der Waals surface area contributed by atoms with E-state index in [1.165, 1.54) is 29.2 Å². The molecule has 0 radical (unpaired) electrons. The van der Waals surface area contributed by atoms with Crippen LogP contribution in [0.15, 0.2) is 46.9 Å². The van der Waals surface area contributed by atoms with Gasteiger partial charge in [-0.05, 0) is 60.7 Å². The van der Waals surface area contributed by atoms with Gasteiger partial charge in [-0.1, -0.05) is 29.8 Å². The van der Waals surface area contributed by atoms with Gasteiger partial charge >= 0.3 is 0 Å². The number of β-amino-alcohol motifs (C(OH)–C–C–N with tert-alkyl or cyclic N) is 1. The van der Waals surface area contributed by atoms with Crippen LogP contribution in [0.3, 0.4) is 0 Å². The number of aliphatic hydroxyl groups is 1. The summed E-state index contributed by atoms with van der Waals surface area (Å²) in [5.41, 5.74) is 0.944. The molecular formula is C26H29BrFN3O4. The van der Waals surface area contributed by atoms with Crippen molar-refractivity contribution < 1.29 is 23.9 Å². The molecule has 0 bridgehead atoms. The Morgan fingerprint density at radius 2 is 1.63 bits per heavy atom. The summed E-state index contributed by atoms with van der Waals surface area (Å²) in [5, 5.41) is 13.0.